The monoisotopic (exact) mass is 606 g/mol. The molecular weight excluding hydrogens is 568 g/mol. The predicted octanol–water partition coefficient (Wildman–Crippen LogP) is 1.89. The fourth-order valence-electron chi connectivity index (χ4n) is 7.65. The Hall–Kier alpha value is -4.13. The summed E-state index contributed by atoms with van der Waals surface area (Å²) in [7, 11) is 6.80. The molecule has 0 bridgehead atoms. The van der Waals surface area contributed by atoms with Gasteiger partial charge in [0.25, 0.3) is 5.91 Å². The molecule has 2 fully saturated rings. The number of rotatable bonds is 6. The van der Waals surface area contributed by atoms with Gasteiger partial charge in [-0.2, -0.15) is 0 Å². The third-order valence-electron chi connectivity index (χ3n) is 9.68. The molecule has 12 nitrogen and oxygen atoms in total. The molecule has 2 aromatic rings. The van der Waals surface area contributed by atoms with Crippen LogP contribution < -0.4 is 10.6 Å². The molecule has 234 valence electrons. The number of anilines is 1. The summed E-state index contributed by atoms with van der Waals surface area (Å²) in [6.45, 7) is 2.62. The molecule has 0 unspecified atom stereocenters. The zero-order valence-corrected chi connectivity index (χ0v) is 25.3. The van der Waals surface area contributed by atoms with Gasteiger partial charge in [0.05, 0.1) is 23.7 Å². The number of amides is 1. The van der Waals surface area contributed by atoms with Crippen LogP contribution >= 0.6 is 0 Å². The number of carbonyl (C=O) groups is 3. The molecule has 1 aromatic carbocycles. The first-order chi connectivity index (χ1) is 20.8. The maximum absolute atomic E-state index is 14.2. The van der Waals surface area contributed by atoms with Crippen molar-refractivity contribution in [3.8, 4) is 17.1 Å². The molecule has 1 aromatic heterocycles. The van der Waals surface area contributed by atoms with Crippen LogP contribution in [0.2, 0.25) is 0 Å². The Bertz CT molecular complexity index is 1650. The summed E-state index contributed by atoms with van der Waals surface area (Å²) >= 11 is 0. The van der Waals surface area contributed by atoms with Gasteiger partial charge < -0.3 is 35.5 Å². The van der Waals surface area contributed by atoms with E-state index in [-0.39, 0.29) is 29.7 Å². The summed E-state index contributed by atoms with van der Waals surface area (Å²) in [5.41, 5.74) is 3.32. The average Bonchev–Trinajstić information content (AvgIpc) is 3.63. The second kappa shape index (κ2) is 10.5. The standard InChI is InChI=1S/C32H38N4O8/c1-34(2)20-13-18(21-8-7-16(44-21)14-36-9-5-6-10-36)26(37)23-17(20)11-15-12-19-25(35(3)4)28(39)24(31(33)42)30(41)32(19,43)29(40)22(15)27(23)38/h7-8,13,15,19,25,37-38,41,43H,5-6,9-12,14H2,1-4H3,(H2,33,42)/t15-,19-,25-,32-/m1/s1. The van der Waals surface area contributed by atoms with Crippen molar-refractivity contribution in [2.75, 3.05) is 46.2 Å². The zero-order chi connectivity index (χ0) is 31.8. The van der Waals surface area contributed by atoms with Crippen LogP contribution in [0.5, 0.6) is 5.75 Å². The Balaban J connectivity index is 1.50. The van der Waals surface area contributed by atoms with E-state index in [4.69, 9.17) is 10.2 Å². The van der Waals surface area contributed by atoms with E-state index in [9.17, 15) is 34.8 Å². The van der Waals surface area contributed by atoms with Gasteiger partial charge in [0.15, 0.2) is 11.4 Å². The van der Waals surface area contributed by atoms with E-state index in [0.29, 0.717) is 29.1 Å². The summed E-state index contributed by atoms with van der Waals surface area (Å²) in [6.07, 6.45) is 2.50. The molecule has 6 rings (SSSR count). The number of aliphatic hydroxyl groups excluding tert-OH is 2. The molecule has 12 heteroatoms. The fourth-order valence-corrected chi connectivity index (χ4v) is 7.65. The van der Waals surface area contributed by atoms with Crippen molar-refractivity contribution in [1.29, 1.82) is 0 Å². The summed E-state index contributed by atoms with van der Waals surface area (Å²) < 4.78 is 6.14. The number of likely N-dealkylation sites (N-methyl/N-ethyl adjacent to an activating group) is 1. The highest BCUT2D eigenvalue weighted by Crippen LogP contribution is 2.55. The fraction of sp³-hybridized carbons (Fsp3) is 0.469. The second-order valence-electron chi connectivity index (χ2n) is 12.8. The van der Waals surface area contributed by atoms with Gasteiger partial charge in [-0.3, -0.25) is 24.2 Å². The number of likely N-dealkylation sites (tertiary alicyclic amines) is 1. The first kappa shape index (κ1) is 29.9. The molecule has 1 saturated carbocycles. The van der Waals surface area contributed by atoms with Crippen molar-refractivity contribution in [3.05, 3.63) is 52.0 Å². The van der Waals surface area contributed by atoms with E-state index in [1.54, 1.807) is 26.2 Å². The van der Waals surface area contributed by atoms with Gasteiger partial charge in [0.2, 0.25) is 5.78 Å². The Morgan fingerprint density at radius 1 is 1.11 bits per heavy atom. The predicted molar refractivity (Wildman–Crippen MR) is 161 cm³/mol. The number of phenolic OH excluding ortho intramolecular Hbond substituents is 1. The van der Waals surface area contributed by atoms with Gasteiger partial charge in [-0.05, 0) is 82.5 Å². The minimum Gasteiger partial charge on any atom is -0.508 e. The lowest BCUT2D eigenvalue weighted by Crippen LogP contribution is -2.65. The summed E-state index contributed by atoms with van der Waals surface area (Å²) in [6, 6.07) is 4.26. The van der Waals surface area contributed by atoms with Gasteiger partial charge in [0.1, 0.15) is 34.4 Å². The number of nitrogens with two attached hydrogens (primary N) is 1. The highest BCUT2D eigenvalue weighted by Gasteiger charge is 2.64. The van der Waals surface area contributed by atoms with Crippen LogP contribution in [0.25, 0.3) is 17.1 Å². The maximum Gasteiger partial charge on any atom is 0.255 e. The lowest BCUT2D eigenvalue weighted by molar-refractivity contribution is -0.153. The number of ketones is 2. The van der Waals surface area contributed by atoms with Crippen molar-refractivity contribution >= 4 is 28.9 Å². The number of primary amides is 1. The maximum atomic E-state index is 14.2. The number of hydrogen-bond acceptors (Lipinski definition) is 11. The lowest BCUT2D eigenvalue weighted by atomic mass is 9.57. The van der Waals surface area contributed by atoms with Crippen LogP contribution in [0.4, 0.5) is 5.69 Å². The number of carbonyl (C=O) groups excluding carboxylic acids is 3. The third kappa shape index (κ3) is 4.26. The SMILES string of the molecule is CN(C)c1cc(-c2ccc(CN3CCCC3)o2)c(O)c2c1C[C@@H]1C[C@@H]3[C@@H](N(C)C)C(=O)C(C(N)=O)=C(O)[C@]3(O)C(=O)C1=C2O. The molecule has 3 aliphatic carbocycles. The highest BCUT2D eigenvalue weighted by atomic mass is 16.4. The van der Waals surface area contributed by atoms with Crippen LogP contribution in [0, 0.1) is 11.8 Å². The number of benzene rings is 1. The van der Waals surface area contributed by atoms with E-state index < -0.39 is 58.0 Å². The topological polar surface area (TPSA) is 181 Å². The van der Waals surface area contributed by atoms with Crippen LogP contribution in [-0.2, 0) is 27.3 Å². The Labute approximate surface area is 254 Å². The van der Waals surface area contributed by atoms with Crippen LogP contribution in [0.1, 0.15) is 36.1 Å². The molecule has 2 heterocycles. The number of Topliss-reactive ketones (excluding diaryl/α,β-unsaturated/α-hetero) is 2. The van der Waals surface area contributed by atoms with E-state index in [0.717, 1.165) is 31.7 Å². The molecule has 1 aliphatic heterocycles. The zero-order valence-electron chi connectivity index (χ0n) is 25.3. The van der Waals surface area contributed by atoms with Gasteiger partial charge in [0, 0.05) is 31.3 Å². The van der Waals surface area contributed by atoms with Gasteiger partial charge >= 0.3 is 0 Å². The molecule has 4 aliphatic rings. The Morgan fingerprint density at radius 3 is 2.41 bits per heavy atom. The second-order valence-corrected chi connectivity index (χ2v) is 12.8. The average molecular weight is 607 g/mol. The van der Waals surface area contributed by atoms with Gasteiger partial charge in [-0.25, -0.2) is 0 Å². The van der Waals surface area contributed by atoms with Gasteiger partial charge in [-0.1, -0.05) is 0 Å². The quantitative estimate of drug-likeness (QED) is 0.303. The largest absolute Gasteiger partial charge is 0.508 e. The van der Waals surface area contributed by atoms with Crippen LogP contribution in [0.3, 0.4) is 0 Å². The number of aromatic hydroxyl groups is 1. The van der Waals surface area contributed by atoms with E-state index >= 15 is 0 Å². The normalized spacial score (nSPS) is 27.1. The Kier molecular flexibility index (Phi) is 7.14. The van der Waals surface area contributed by atoms with Crippen LogP contribution in [0.15, 0.2) is 39.5 Å². The van der Waals surface area contributed by atoms with E-state index in [1.165, 1.54) is 4.90 Å². The molecule has 44 heavy (non-hydrogen) atoms. The first-order valence-electron chi connectivity index (χ1n) is 14.8. The molecule has 6 N–H and O–H groups in total. The summed E-state index contributed by atoms with van der Waals surface area (Å²) in [4.78, 5) is 45.3. The smallest absolute Gasteiger partial charge is 0.255 e. The molecule has 1 amide bonds. The van der Waals surface area contributed by atoms with Crippen molar-refractivity contribution in [2.24, 2.45) is 17.6 Å². The summed E-state index contributed by atoms with van der Waals surface area (Å²) in [5, 5.41) is 46.3. The van der Waals surface area contributed by atoms with E-state index in [2.05, 4.69) is 4.90 Å². The van der Waals surface area contributed by atoms with Crippen LogP contribution in [-0.4, -0.2) is 101 Å². The lowest BCUT2D eigenvalue weighted by Gasteiger charge is -2.50. The highest BCUT2D eigenvalue weighted by molar-refractivity contribution is 6.24. The van der Waals surface area contributed by atoms with Gasteiger partial charge in [-0.15, -0.1) is 0 Å². The molecule has 0 radical (unpaired) electrons. The third-order valence-corrected chi connectivity index (χ3v) is 9.68. The molecule has 4 atom stereocenters. The van der Waals surface area contributed by atoms with Crippen molar-refractivity contribution in [1.82, 2.24) is 9.80 Å². The minimum absolute atomic E-state index is 0.0270. The minimum atomic E-state index is -2.69. The number of aliphatic hydroxyl groups is 3. The van der Waals surface area contributed by atoms with Crippen molar-refractivity contribution in [2.45, 2.75) is 43.9 Å². The number of fused-ring (bicyclic) bond motifs is 3. The summed E-state index contributed by atoms with van der Waals surface area (Å²) in [5.74, 6) is -5.69. The van der Waals surface area contributed by atoms with Crippen molar-refractivity contribution in [3.63, 3.8) is 0 Å². The Morgan fingerprint density at radius 2 is 1.80 bits per heavy atom. The number of nitrogens with zero attached hydrogens (tertiary/aromatic N) is 3. The molecule has 0 spiro atoms. The number of furan rings is 1. The number of phenols is 1. The molecular formula is C32H38N4O8. The van der Waals surface area contributed by atoms with Crippen molar-refractivity contribution < 1.29 is 39.2 Å². The first-order valence-corrected chi connectivity index (χ1v) is 14.8. The molecule has 1 saturated heterocycles. The van der Waals surface area contributed by atoms with E-state index in [1.807, 2.05) is 25.1 Å². The number of hydrogen-bond donors (Lipinski definition) is 5.